The number of thiazole rings is 1. The van der Waals surface area contributed by atoms with Gasteiger partial charge in [-0.25, -0.2) is 15.0 Å². The summed E-state index contributed by atoms with van der Waals surface area (Å²) in [6, 6.07) is 3.17. The monoisotopic (exact) mass is 359 g/mol. The van der Waals surface area contributed by atoms with Gasteiger partial charge in [-0.05, 0) is 32.6 Å². The van der Waals surface area contributed by atoms with Gasteiger partial charge >= 0.3 is 0 Å². The Morgan fingerprint density at radius 3 is 2.60 bits per heavy atom. The van der Waals surface area contributed by atoms with Crippen molar-refractivity contribution in [3.05, 3.63) is 28.5 Å². The molecule has 0 aromatic carbocycles. The molecule has 2 aromatic rings. The van der Waals surface area contributed by atoms with Crippen LogP contribution < -0.4 is 9.64 Å². The Bertz CT molecular complexity index is 709. The predicted molar refractivity (Wildman–Crippen MR) is 99.2 cm³/mol. The third-order valence-corrected chi connectivity index (χ3v) is 5.87. The van der Waals surface area contributed by atoms with Crippen LogP contribution in [0.5, 0.6) is 5.88 Å². The molecular weight excluding hydrogens is 334 g/mol. The second-order valence-electron chi connectivity index (χ2n) is 6.92. The number of anilines is 1. The quantitative estimate of drug-likeness (QED) is 0.790. The summed E-state index contributed by atoms with van der Waals surface area (Å²) >= 11 is 1.74. The topological polar surface area (TPSA) is 54.4 Å². The molecule has 0 spiro atoms. The number of methoxy groups -OCH3 is 1. The first-order valence-electron chi connectivity index (χ1n) is 9.00. The summed E-state index contributed by atoms with van der Waals surface area (Å²) in [7, 11) is 1.66. The zero-order valence-electron chi connectivity index (χ0n) is 14.9. The van der Waals surface area contributed by atoms with Gasteiger partial charge in [0.1, 0.15) is 12.1 Å². The third-order valence-electron chi connectivity index (χ3n) is 5.04. The van der Waals surface area contributed by atoms with Crippen LogP contribution in [0.25, 0.3) is 0 Å². The molecule has 134 valence electrons. The zero-order valence-corrected chi connectivity index (χ0v) is 15.7. The summed E-state index contributed by atoms with van der Waals surface area (Å²) in [4.78, 5) is 18.3. The standard InChI is InChI=1S/C18H25N5OS/c1-13-21-14(11-25-13)10-22-7-5-16(6-8-22)23(15-3-4-15)17-9-18(24-2)20-12-19-17/h9,11-12,15-16H,3-8,10H2,1-2H3. The largest absolute Gasteiger partial charge is 0.481 e. The number of likely N-dealkylation sites (tertiary alicyclic amines) is 1. The van der Waals surface area contributed by atoms with Crippen LogP contribution in [-0.4, -0.2) is 52.1 Å². The van der Waals surface area contributed by atoms with Crippen molar-refractivity contribution in [3.8, 4) is 5.88 Å². The minimum absolute atomic E-state index is 0.556. The smallest absolute Gasteiger partial charge is 0.218 e. The molecule has 2 aromatic heterocycles. The van der Waals surface area contributed by atoms with Gasteiger partial charge in [0.05, 0.1) is 17.8 Å². The molecule has 2 fully saturated rings. The van der Waals surface area contributed by atoms with Gasteiger partial charge in [-0.15, -0.1) is 11.3 Å². The minimum atomic E-state index is 0.556. The highest BCUT2D eigenvalue weighted by Gasteiger charge is 2.36. The van der Waals surface area contributed by atoms with E-state index in [0.29, 0.717) is 18.0 Å². The molecule has 25 heavy (non-hydrogen) atoms. The Balaban J connectivity index is 1.40. The lowest BCUT2D eigenvalue weighted by molar-refractivity contribution is 0.198. The summed E-state index contributed by atoms with van der Waals surface area (Å²) in [5.74, 6) is 1.66. The van der Waals surface area contributed by atoms with Gasteiger partial charge in [-0.3, -0.25) is 4.90 Å². The van der Waals surface area contributed by atoms with E-state index in [-0.39, 0.29) is 0 Å². The normalized spacial score (nSPS) is 19.1. The SMILES string of the molecule is COc1cc(N(C2CC2)C2CCN(Cc3csc(C)n3)CC2)ncn1. The maximum absolute atomic E-state index is 5.29. The van der Waals surface area contributed by atoms with Crippen molar-refractivity contribution in [2.75, 3.05) is 25.1 Å². The Morgan fingerprint density at radius 1 is 1.20 bits per heavy atom. The molecular formula is C18H25N5OS. The van der Waals surface area contributed by atoms with Gasteiger partial charge in [0, 0.05) is 43.2 Å². The van der Waals surface area contributed by atoms with E-state index >= 15 is 0 Å². The number of aryl methyl sites for hydroxylation is 1. The Labute approximate surface area is 152 Å². The maximum atomic E-state index is 5.29. The summed E-state index contributed by atoms with van der Waals surface area (Å²) < 4.78 is 5.29. The molecule has 0 radical (unpaired) electrons. The van der Waals surface area contributed by atoms with Crippen LogP contribution in [0.4, 0.5) is 5.82 Å². The second-order valence-corrected chi connectivity index (χ2v) is 7.98. The maximum Gasteiger partial charge on any atom is 0.218 e. The number of nitrogens with zero attached hydrogens (tertiary/aromatic N) is 5. The number of aromatic nitrogens is 3. The van der Waals surface area contributed by atoms with Crippen LogP contribution in [0, 0.1) is 6.92 Å². The van der Waals surface area contributed by atoms with Gasteiger partial charge in [0.2, 0.25) is 5.88 Å². The zero-order chi connectivity index (χ0) is 17.2. The lowest BCUT2D eigenvalue weighted by atomic mass is 10.0. The van der Waals surface area contributed by atoms with E-state index in [2.05, 4.69) is 37.1 Å². The molecule has 1 aliphatic heterocycles. The second kappa shape index (κ2) is 7.25. The molecule has 0 unspecified atom stereocenters. The highest BCUT2D eigenvalue weighted by Crippen LogP contribution is 2.36. The fourth-order valence-corrected chi connectivity index (χ4v) is 4.28. The lowest BCUT2D eigenvalue weighted by Crippen LogP contribution is -2.46. The van der Waals surface area contributed by atoms with Crippen LogP contribution in [0.15, 0.2) is 17.8 Å². The number of hydrogen-bond acceptors (Lipinski definition) is 7. The Hall–Kier alpha value is -1.73. The van der Waals surface area contributed by atoms with Crippen molar-refractivity contribution in [1.82, 2.24) is 19.9 Å². The van der Waals surface area contributed by atoms with Gasteiger partial charge in [-0.2, -0.15) is 0 Å². The average molecular weight is 359 g/mol. The third kappa shape index (κ3) is 3.93. The molecule has 0 N–H and O–H groups in total. The first-order chi connectivity index (χ1) is 12.2. The first-order valence-corrected chi connectivity index (χ1v) is 9.88. The van der Waals surface area contributed by atoms with Crippen molar-refractivity contribution >= 4 is 17.2 Å². The van der Waals surface area contributed by atoms with Crippen LogP contribution >= 0.6 is 11.3 Å². The Kier molecular flexibility index (Phi) is 4.85. The van der Waals surface area contributed by atoms with Gasteiger partial charge in [-0.1, -0.05) is 0 Å². The van der Waals surface area contributed by atoms with Crippen LogP contribution in [0.3, 0.4) is 0 Å². The summed E-state index contributed by atoms with van der Waals surface area (Å²) in [6.07, 6.45) is 6.50. The molecule has 7 heteroatoms. The molecule has 0 bridgehead atoms. The number of ether oxygens (including phenoxy) is 1. The minimum Gasteiger partial charge on any atom is -0.481 e. The molecule has 6 nitrogen and oxygen atoms in total. The molecule has 1 saturated carbocycles. The van der Waals surface area contributed by atoms with Crippen LogP contribution in [0.1, 0.15) is 36.4 Å². The van der Waals surface area contributed by atoms with Gasteiger partial charge < -0.3 is 9.64 Å². The lowest BCUT2D eigenvalue weighted by Gasteiger charge is -2.39. The fraction of sp³-hybridized carbons (Fsp3) is 0.611. The molecule has 1 aliphatic carbocycles. The van der Waals surface area contributed by atoms with E-state index in [9.17, 15) is 0 Å². The highest BCUT2D eigenvalue weighted by atomic mass is 32.1. The van der Waals surface area contributed by atoms with Crippen molar-refractivity contribution in [2.24, 2.45) is 0 Å². The van der Waals surface area contributed by atoms with Crippen molar-refractivity contribution in [2.45, 2.75) is 51.2 Å². The first kappa shape index (κ1) is 16.7. The molecule has 1 saturated heterocycles. The number of hydrogen-bond donors (Lipinski definition) is 0. The average Bonchev–Trinajstić information content (AvgIpc) is 3.38. The van der Waals surface area contributed by atoms with E-state index in [0.717, 1.165) is 30.5 Å². The molecule has 0 amide bonds. The van der Waals surface area contributed by atoms with E-state index < -0.39 is 0 Å². The molecule has 2 aliphatic rings. The Morgan fingerprint density at radius 2 is 1.96 bits per heavy atom. The highest BCUT2D eigenvalue weighted by molar-refractivity contribution is 7.09. The number of rotatable bonds is 6. The molecule has 0 atom stereocenters. The van der Waals surface area contributed by atoms with E-state index in [1.165, 1.54) is 31.4 Å². The van der Waals surface area contributed by atoms with Crippen molar-refractivity contribution in [3.63, 3.8) is 0 Å². The summed E-state index contributed by atoms with van der Waals surface area (Å²) in [6.45, 7) is 5.28. The predicted octanol–water partition coefficient (Wildman–Crippen LogP) is 2.88. The molecule has 3 heterocycles. The van der Waals surface area contributed by atoms with E-state index in [1.807, 2.05) is 6.07 Å². The summed E-state index contributed by atoms with van der Waals surface area (Å²) in [5.41, 5.74) is 1.21. The molecule has 4 rings (SSSR count). The van der Waals surface area contributed by atoms with Crippen molar-refractivity contribution in [1.29, 1.82) is 0 Å². The van der Waals surface area contributed by atoms with E-state index in [1.54, 1.807) is 24.8 Å². The summed E-state index contributed by atoms with van der Waals surface area (Å²) in [5, 5.41) is 3.34. The van der Waals surface area contributed by atoms with Gasteiger partial charge in [0.25, 0.3) is 0 Å². The number of piperidine rings is 1. The van der Waals surface area contributed by atoms with Gasteiger partial charge in [0.15, 0.2) is 0 Å². The fourth-order valence-electron chi connectivity index (χ4n) is 3.67. The van der Waals surface area contributed by atoms with Crippen molar-refractivity contribution < 1.29 is 4.74 Å². The van der Waals surface area contributed by atoms with Crippen LogP contribution in [-0.2, 0) is 6.54 Å². The van der Waals surface area contributed by atoms with Crippen LogP contribution in [0.2, 0.25) is 0 Å². The van der Waals surface area contributed by atoms with E-state index in [4.69, 9.17) is 4.74 Å².